The molecule has 0 aliphatic carbocycles. The molecule has 6 nitrogen and oxygen atoms in total. The molecule has 2 aromatic carbocycles. The number of carbonyl (C=O) groups excluding carboxylic acids is 2. The van der Waals surface area contributed by atoms with E-state index in [2.05, 4.69) is 22.3 Å². The Morgan fingerprint density at radius 3 is 2.25 bits per heavy atom. The van der Waals surface area contributed by atoms with Gasteiger partial charge >= 0.3 is 0 Å². The van der Waals surface area contributed by atoms with Crippen LogP contribution in [-0.2, 0) is 9.59 Å². The molecule has 2 N–H and O–H groups in total. The standard InChI is InChI=1S/C21H25ClN4O2/c1-24(15-20(27)23-18-9-7-17(22)8-10-18)16-21(28)26-13-11-25(12-14-26)19-5-3-2-4-6-19/h2-10H,11-16H2,1H3,(H,23,27)/p+1. The Kier molecular flexibility index (Phi) is 6.90. The number of benzene rings is 2. The first-order valence-corrected chi connectivity index (χ1v) is 9.83. The van der Waals surface area contributed by atoms with Gasteiger partial charge in [-0.15, -0.1) is 0 Å². The third kappa shape index (κ3) is 5.71. The zero-order chi connectivity index (χ0) is 19.9. The Hall–Kier alpha value is -2.57. The second-order valence-corrected chi connectivity index (χ2v) is 7.51. The summed E-state index contributed by atoms with van der Waals surface area (Å²) in [5.41, 5.74) is 1.89. The van der Waals surface area contributed by atoms with Crippen molar-refractivity contribution in [1.29, 1.82) is 0 Å². The van der Waals surface area contributed by atoms with Gasteiger partial charge in [0.05, 0.1) is 7.05 Å². The Morgan fingerprint density at radius 1 is 0.964 bits per heavy atom. The predicted octanol–water partition coefficient (Wildman–Crippen LogP) is 1.14. The van der Waals surface area contributed by atoms with Crippen LogP contribution in [0.2, 0.25) is 5.02 Å². The Bertz CT molecular complexity index is 790. The minimum absolute atomic E-state index is 0.0875. The molecule has 1 heterocycles. The van der Waals surface area contributed by atoms with Crippen LogP contribution in [0.3, 0.4) is 0 Å². The van der Waals surface area contributed by atoms with E-state index in [0.717, 1.165) is 18.0 Å². The van der Waals surface area contributed by atoms with Gasteiger partial charge in [0.1, 0.15) is 0 Å². The molecule has 1 atom stereocenters. The fourth-order valence-corrected chi connectivity index (χ4v) is 3.42. The maximum Gasteiger partial charge on any atom is 0.279 e. The number of halogens is 1. The van der Waals surface area contributed by atoms with Crippen molar-refractivity contribution in [3.05, 3.63) is 59.6 Å². The normalized spacial score (nSPS) is 15.2. The first-order chi connectivity index (χ1) is 13.5. The summed E-state index contributed by atoms with van der Waals surface area (Å²) in [6, 6.07) is 17.2. The first kappa shape index (κ1) is 20.2. The summed E-state index contributed by atoms with van der Waals surface area (Å²) >= 11 is 5.85. The number of carbonyl (C=O) groups is 2. The lowest BCUT2D eigenvalue weighted by atomic mass is 10.2. The number of hydrogen-bond acceptors (Lipinski definition) is 3. The number of rotatable bonds is 6. The van der Waals surface area contributed by atoms with E-state index < -0.39 is 0 Å². The van der Waals surface area contributed by atoms with Crippen molar-refractivity contribution in [2.75, 3.05) is 56.5 Å². The number of quaternary nitrogens is 1. The van der Waals surface area contributed by atoms with Crippen LogP contribution in [0.1, 0.15) is 0 Å². The minimum atomic E-state index is -0.124. The smallest absolute Gasteiger partial charge is 0.279 e. The molecule has 28 heavy (non-hydrogen) atoms. The summed E-state index contributed by atoms with van der Waals surface area (Å²) in [4.78, 5) is 29.8. The highest BCUT2D eigenvalue weighted by atomic mass is 35.5. The maximum absolute atomic E-state index is 12.6. The minimum Gasteiger partial charge on any atom is -0.368 e. The first-order valence-electron chi connectivity index (χ1n) is 9.46. The van der Waals surface area contributed by atoms with Crippen molar-refractivity contribution >= 4 is 34.8 Å². The average molecular weight is 402 g/mol. The highest BCUT2D eigenvalue weighted by Gasteiger charge is 2.24. The molecule has 3 rings (SSSR count). The lowest BCUT2D eigenvalue weighted by molar-refractivity contribution is -0.862. The van der Waals surface area contributed by atoms with E-state index in [9.17, 15) is 9.59 Å². The number of nitrogens with zero attached hydrogens (tertiary/aromatic N) is 2. The maximum atomic E-state index is 12.6. The highest BCUT2D eigenvalue weighted by Crippen LogP contribution is 2.15. The van der Waals surface area contributed by atoms with Crippen LogP contribution in [0, 0.1) is 0 Å². The van der Waals surface area contributed by atoms with E-state index >= 15 is 0 Å². The van der Waals surface area contributed by atoms with Crippen molar-refractivity contribution in [3.63, 3.8) is 0 Å². The van der Waals surface area contributed by atoms with Crippen molar-refractivity contribution in [1.82, 2.24) is 4.90 Å². The van der Waals surface area contributed by atoms with Gasteiger partial charge in [0.15, 0.2) is 13.1 Å². The van der Waals surface area contributed by atoms with E-state index in [-0.39, 0.29) is 18.4 Å². The van der Waals surface area contributed by atoms with Crippen LogP contribution in [0.4, 0.5) is 11.4 Å². The molecular formula is C21H26ClN4O2+. The van der Waals surface area contributed by atoms with Crippen LogP contribution in [0.15, 0.2) is 54.6 Å². The quantitative estimate of drug-likeness (QED) is 0.763. The number of piperazine rings is 1. The molecular weight excluding hydrogens is 376 g/mol. The van der Waals surface area contributed by atoms with Crippen molar-refractivity contribution in [2.24, 2.45) is 0 Å². The van der Waals surface area contributed by atoms with Crippen LogP contribution in [0.25, 0.3) is 0 Å². The van der Waals surface area contributed by atoms with Crippen LogP contribution in [0.5, 0.6) is 0 Å². The SMILES string of the molecule is C[NH+](CC(=O)Nc1ccc(Cl)cc1)CC(=O)N1CCN(c2ccccc2)CC1. The van der Waals surface area contributed by atoms with Gasteiger partial charge in [-0.2, -0.15) is 0 Å². The van der Waals surface area contributed by atoms with Crippen molar-refractivity contribution in [3.8, 4) is 0 Å². The zero-order valence-corrected chi connectivity index (χ0v) is 16.8. The Morgan fingerprint density at radius 2 is 1.61 bits per heavy atom. The molecule has 0 radical (unpaired) electrons. The average Bonchev–Trinajstić information content (AvgIpc) is 2.70. The zero-order valence-electron chi connectivity index (χ0n) is 16.0. The van der Waals surface area contributed by atoms with Crippen LogP contribution < -0.4 is 15.1 Å². The molecule has 1 fully saturated rings. The van der Waals surface area contributed by atoms with Gasteiger partial charge in [-0.3, -0.25) is 9.59 Å². The molecule has 0 spiro atoms. The fraction of sp³-hybridized carbons (Fsp3) is 0.333. The summed E-state index contributed by atoms with van der Waals surface area (Å²) in [7, 11) is 1.86. The van der Waals surface area contributed by atoms with E-state index in [0.29, 0.717) is 30.3 Å². The number of anilines is 2. The molecule has 0 aromatic heterocycles. The fourth-order valence-electron chi connectivity index (χ4n) is 3.30. The lowest BCUT2D eigenvalue weighted by Crippen LogP contribution is -3.11. The van der Waals surface area contributed by atoms with Gasteiger partial charge in [-0.1, -0.05) is 29.8 Å². The van der Waals surface area contributed by atoms with Crippen molar-refractivity contribution < 1.29 is 14.5 Å². The summed E-state index contributed by atoms with van der Waals surface area (Å²) in [5, 5.41) is 3.45. The van der Waals surface area contributed by atoms with Crippen LogP contribution in [-0.4, -0.2) is 63.0 Å². The molecule has 7 heteroatoms. The predicted molar refractivity (Wildman–Crippen MR) is 112 cm³/mol. The van der Waals surface area contributed by atoms with Crippen molar-refractivity contribution in [2.45, 2.75) is 0 Å². The van der Waals surface area contributed by atoms with Gasteiger partial charge in [-0.25, -0.2) is 0 Å². The summed E-state index contributed by atoms with van der Waals surface area (Å²) in [6.07, 6.45) is 0. The van der Waals surface area contributed by atoms with E-state index in [1.165, 1.54) is 5.69 Å². The van der Waals surface area contributed by atoms with Gasteiger partial charge in [0, 0.05) is 42.6 Å². The molecule has 148 valence electrons. The number of para-hydroxylation sites is 1. The summed E-state index contributed by atoms with van der Waals surface area (Å²) in [6.45, 7) is 3.60. The van der Waals surface area contributed by atoms with Gasteiger partial charge in [0.25, 0.3) is 11.8 Å². The Balaban J connectivity index is 1.41. The molecule has 1 saturated heterocycles. The number of likely N-dealkylation sites (N-methyl/N-ethyl adjacent to an activating group) is 1. The lowest BCUT2D eigenvalue weighted by Gasteiger charge is -2.36. The molecule has 2 aromatic rings. The third-order valence-corrected chi connectivity index (χ3v) is 5.05. The van der Waals surface area contributed by atoms with E-state index in [1.54, 1.807) is 24.3 Å². The summed E-state index contributed by atoms with van der Waals surface area (Å²) in [5.74, 6) is -0.0361. The van der Waals surface area contributed by atoms with Gasteiger partial charge < -0.3 is 20.0 Å². The van der Waals surface area contributed by atoms with Gasteiger partial charge in [0.2, 0.25) is 0 Å². The summed E-state index contributed by atoms with van der Waals surface area (Å²) < 4.78 is 0. The third-order valence-electron chi connectivity index (χ3n) is 4.80. The largest absolute Gasteiger partial charge is 0.368 e. The van der Waals surface area contributed by atoms with Crippen LogP contribution >= 0.6 is 11.6 Å². The number of amides is 2. The molecule has 0 saturated carbocycles. The molecule has 0 bridgehead atoms. The topological polar surface area (TPSA) is 57.1 Å². The molecule has 1 aliphatic heterocycles. The molecule has 2 amide bonds. The van der Waals surface area contributed by atoms with E-state index in [4.69, 9.17) is 11.6 Å². The highest BCUT2D eigenvalue weighted by molar-refractivity contribution is 6.30. The molecule has 1 aliphatic rings. The number of nitrogens with one attached hydrogen (secondary N) is 2. The Labute approximate surface area is 170 Å². The second-order valence-electron chi connectivity index (χ2n) is 7.07. The molecule has 1 unspecified atom stereocenters. The monoisotopic (exact) mass is 401 g/mol. The van der Waals surface area contributed by atoms with Gasteiger partial charge in [-0.05, 0) is 36.4 Å². The van der Waals surface area contributed by atoms with E-state index in [1.807, 2.05) is 30.1 Å². The second kappa shape index (κ2) is 9.57. The number of hydrogen-bond donors (Lipinski definition) is 2.